The van der Waals surface area contributed by atoms with Crippen LogP contribution in [0.25, 0.3) is 0 Å². The van der Waals surface area contributed by atoms with Gasteiger partial charge in [0.25, 0.3) is 0 Å². The van der Waals surface area contributed by atoms with Crippen LogP contribution in [0, 0.1) is 6.92 Å². The number of aryl methyl sites for hydroxylation is 1. The molecule has 3 rings (SSSR count). The van der Waals surface area contributed by atoms with E-state index in [-0.39, 0.29) is 28.5 Å². The smallest absolute Gasteiger partial charge is 0.341 e. The van der Waals surface area contributed by atoms with Crippen LogP contribution in [-0.2, 0) is 14.9 Å². The normalized spacial score (nSPS) is 10.8. The van der Waals surface area contributed by atoms with Gasteiger partial charge in [0.05, 0.1) is 6.61 Å². The molecular formula is C24H24N2O6S. The number of anilines is 2. The van der Waals surface area contributed by atoms with Gasteiger partial charge in [0, 0.05) is 17.4 Å². The summed E-state index contributed by atoms with van der Waals surface area (Å²) in [4.78, 5) is 24.8. The Morgan fingerprint density at radius 2 is 1.58 bits per heavy atom. The molecule has 0 saturated heterocycles. The predicted octanol–water partition coefficient (Wildman–Crippen LogP) is 4.97. The Morgan fingerprint density at radius 1 is 0.879 bits per heavy atom. The van der Waals surface area contributed by atoms with Gasteiger partial charge in [-0.2, -0.15) is 8.42 Å². The average Bonchev–Trinajstić information content (AvgIpc) is 2.78. The van der Waals surface area contributed by atoms with Gasteiger partial charge in [-0.25, -0.2) is 9.59 Å². The number of ether oxygens (including phenoxy) is 1. The summed E-state index contributed by atoms with van der Waals surface area (Å²) in [6, 6.07) is 18.3. The molecule has 2 amide bonds. The molecule has 9 heteroatoms. The van der Waals surface area contributed by atoms with Crippen molar-refractivity contribution in [3.63, 3.8) is 0 Å². The molecule has 2 N–H and O–H groups in total. The Balaban J connectivity index is 1.87. The van der Waals surface area contributed by atoms with E-state index in [4.69, 9.17) is 8.92 Å². The van der Waals surface area contributed by atoms with Crippen molar-refractivity contribution < 1.29 is 26.9 Å². The number of esters is 1. The molecule has 3 aromatic carbocycles. The molecule has 0 unspecified atom stereocenters. The van der Waals surface area contributed by atoms with Gasteiger partial charge in [-0.3, -0.25) is 0 Å². The second kappa shape index (κ2) is 10.6. The van der Waals surface area contributed by atoms with Crippen LogP contribution in [0.4, 0.5) is 16.2 Å². The molecule has 0 atom stereocenters. The Bertz CT molecular complexity index is 1240. The number of amides is 2. The molecule has 0 fully saturated rings. The van der Waals surface area contributed by atoms with Crippen molar-refractivity contribution in [2.24, 2.45) is 0 Å². The maximum Gasteiger partial charge on any atom is 0.341 e. The SMILES string of the molecule is CCCOC(=O)c1ccc(NC(=O)Nc2cccc(C)c2)cc1OS(=O)(=O)c1ccccc1. The molecule has 3 aromatic rings. The molecule has 8 nitrogen and oxygen atoms in total. The van der Waals surface area contributed by atoms with Gasteiger partial charge in [0.2, 0.25) is 0 Å². The fraction of sp³-hybridized carbons (Fsp3) is 0.167. The lowest BCUT2D eigenvalue weighted by atomic mass is 10.2. The number of carbonyl (C=O) groups excluding carboxylic acids is 2. The minimum atomic E-state index is -4.22. The zero-order valence-corrected chi connectivity index (χ0v) is 19.0. The Morgan fingerprint density at radius 3 is 2.24 bits per heavy atom. The zero-order valence-electron chi connectivity index (χ0n) is 18.2. The highest BCUT2D eigenvalue weighted by atomic mass is 32.2. The summed E-state index contributed by atoms with van der Waals surface area (Å²) in [5.74, 6) is -0.987. The van der Waals surface area contributed by atoms with E-state index in [2.05, 4.69) is 10.6 Å². The van der Waals surface area contributed by atoms with E-state index >= 15 is 0 Å². The summed E-state index contributed by atoms with van der Waals surface area (Å²) in [5.41, 5.74) is 1.72. The zero-order chi connectivity index (χ0) is 23.8. The summed E-state index contributed by atoms with van der Waals surface area (Å²) >= 11 is 0. The van der Waals surface area contributed by atoms with Crippen LogP contribution >= 0.6 is 0 Å². The average molecular weight is 469 g/mol. The topological polar surface area (TPSA) is 111 Å². The monoisotopic (exact) mass is 468 g/mol. The van der Waals surface area contributed by atoms with E-state index in [9.17, 15) is 18.0 Å². The summed E-state index contributed by atoms with van der Waals surface area (Å²) in [7, 11) is -4.22. The van der Waals surface area contributed by atoms with Gasteiger partial charge in [-0.1, -0.05) is 37.3 Å². The largest absolute Gasteiger partial charge is 0.462 e. The van der Waals surface area contributed by atoms with Gasteiger partial charge in [0.15, 0.2) is 5.75 Å². The number of urea groups is 1. The summed E-state index contributed by atoms with van der Waals surface area (Å²) < 4.78 is 35.9. The van der Waals surface area contributed by atoms with Crippen molar-refractivity contribution in [1.82, 2.24) is 0 Å². The van der Waals surface area contributed by atoms with Gasteiger partial charge in [-0.05, 0) is 55.3 Å². The fourth-order valence-electron chi connectivity index (χ4n) is 2.88. The van der Waals surface area contributed by atoms with Gasteiger partial charge < -0.3 is 19.6 Å². The van der Waals surface area contributed by atoms with Crippen molar-refractivity contribution in [1.29, 1.82) is 0 Å². The third-order valence-corrected chi connectivity index (χ3v) is 5.65. The minimum Gasteiger partial charge on any atom is -0.462 e. The molecule has 0 aliphatic heterocycles. The summed E-state index contributed by atoms with van der Waals surface area (Å²) in [6.07, 6.45) is 0.600. The molecule has 0 radical (unpaired) electrons. The first-order valence-corrected chi connectivity index (χ1v) is 11.6. The van der Waals surface area contributed by atoms with Crippen LogP contribution in [0.3, 0.4) is 0 Å². The van der Waals surface area contributed by atoms with Gasteiger partial charge >= 0.3 is 22.1 Å². The number of hydrogen-bond acceptors (Lipinski definition) is 6. The number of nitrogens with one attached hydrogen (secondary N) is 2. The third-order valence-electron chi connectivity index (χ3n) is 4.40. The van der Waals surface area contributed by atoms with Crippen LogP contribution in [0.1, 0.15) is 29.3 Å². The Hall–Kier alpha value is -3.85. The minimum absolute atomic E-state index is 0.0755. The number of rotatable bonds is 8. The first kappa shape index (κ1) is 23.8. The highest BCUT2D eigenvalue weighted by molar-refractivity contribution is 7.87. The fourth-order valence-corrected chi connectivity index (χ4v) is 3.84. The first-order chi connectivity index (χ1) is 15.8. The van der Waals surface area contributed by atoms with E-state index in [1.54, 1.807) is 30.3 Å². The Kier molecular flexibility index (Phi) is 7.68. The molecule has 0 saturated carbocycles. The molecule has 172 valence electrons. The second-order valence-electron chi connectivity index (χ2n) is 7.15. The number of carbonyl (C=O) groups is 2. The summed E-state index contributed by atoms with van der Waals surface area (Å²) in [6.45, 7) is 3.91. The highest BCUT2D eigenvalue weighted by Gasteiger charge is 2.22. The van der Waals surface area contributed by atoms with Crippen LogP contribution in [0.5, 0.6) is 5.75 Å². The van der Waals surface area contributed by atoms with Crippen LogP contribution in [0.2, 0.25) is 0 Å². The van der Waals surface area contributed by atoms with E-state index in [1.165, 1.54) is 30.3 Å². The lowest BCUT2D eigenvalue weighted by Crippen LogP contribution is -2.20. The molecule has 33 heavy (non-hydrogen) atoms. The lowest BCUT2D eigenvalue weighted by Gasteiger charge is -2.14. The van der Waals surface area contributed by atoms with Crippen molar-refractivity contribution in [3.8, 4) is 5.75 Å². The summed E-state index contributed by atoms with van der Waals surface area (Å²) in [5, 5.41) is 5.30. The van der Waals surface area contributed by atoms with E-state index in [0.717, 1.165) is 5.56 Å². The van der Waals surface area contributed by atoms with Crippen molar-refractivity contribution >= 4 is 33.5 Å². The van der Waals surface area contributed by atoms with Crippen molar-refractivity contribution in [2.75, 3.05) is 17.2 Å². The van der Waals surface area contributed by atoms with Gasteiger partial charge in [0.1, 0.15) is 10.5 Å². The van der Waals surface area contributed by atoms with Crippen LogP contribution in [-0.4, -0.2) is 27.0 Å². The van der Waals surface area contributed by atoms with Crippen molar-refractivity contribution in [3.05, 3.63) is 83.9 Å². The predicted molar refractivity (Wildman–Crippen MR) is 125 cm³/mol. The van der Waals surface area contributed by atoms with E-state index in [0.29, 0.717) is 12.1 Å². The molecule has 0 aliphatic carbocycles. The van der Waals surface area contributed by atoms with Crippen LogP contribution in [0.15, 0.2) is 77.7 Å². The Labute approximate surface area is 192 Å². The number of benzene rings is 3. The van der Waals surface area contributed by atoms with Crippen molar-refractivity contribution in [2.45, 2.75) is 25.2 Å². The highest BCUT2D eigenvalue weighted by Crippen LogP contribution is 2.28. The quantitative estimate of drug-likeness (QED) is 0.357. The molecular weight excluding hydrogens is 444 g/mol. The second-order valence-corrected chi connectivity index (χ2v) is 8.69. The maximum absolute atomic E-state index is 12.7. The molecule has 0 aromatic heterocycles. The molecule has 0 spiro atoms. The standard InChI is InChI=1S/C24H24N2O6S/c1-3-14-31-23(27)21-13-12-19(26-24(28)25-18-9-7-8-17(2)15-18)16-22(21)32-33(29,30)20-10-5-4-6-11-20/h4-13,15-16H,3,14H2,1-2H3,(H2,25,26,28). The first-order valence-electron chi connectivity index (χ1n) is 10.2. The molecule has 0 bridgehead atoms. The maximum atomic E-state index is 12.7. The van der Waals surface area contributed by atoms with Gasteiger partial charge in [-0.15, -0.1) is 0 Å². The lowest BCUT2D eigenvalue weighted by molar-refractivity contribution is 0.0503. The molecule has 0 aliphatic rings. The van der Waals surface area contributed by atoms with E-state index in [1.807, 2.05) is 26.0 Å². The molecule has 0 heterocycles. The van der Waals surface area contributed by atoms with E-state index < -0.39 is 22.1 Å². The van der Waals surface area contributed by atoms with Crippen LogP contribution < -0.4 is 14.8 Å². The third kappa shape index (κ3) is 6.56. The number of hydrogen-bond donors (Lipinski definition) is 2.